The van der Waals surface area contributed by atoms with Crippen LogP contribution in [0.1, 0.15) is 41.4 Å². The third-order valence-corrected chi connectivity index (χ3v) is 5.97. The Morgan fingerprint density at radius 2 is 2.00 bits per heavy atom. The van der Waals surface area contributed by atoms with Crippen LogP contribution in [0.2, 0.25) is 0 Å². The highest BCUT2D eigenvalue weighted by Gasteiger charge is 2.27. The molecule has 1 aliphatic heterocycles. The zero-order valence-corrected chi connectivity index (χ0v) is 17.5. The number of ketones is 1. The van der Waals surface area contributed by atoms with Crippen molar-refractivity contribution in [2.75, 3.05) is 20.2 Å². The van der Waals surface area contributed by atoms with E-state index in [2.05, 4.69) is 30.0 Å². The lowest BCUT2D eigenvalue weighted by Gasteiger charge is -2.31. The molecule has 1 atom stereocenters. The zero-order valence-electron chi connectivity index (χ0n) is 17.5. The fourth-order valence-electron chi connectivity index (χ4n) is 4.27. The monoisotopic (exact) mass is 391 g/mol. The molecule has 0 saturated carbocycles. The van der Waals surface area contributed by atoms with E-state index < -0.39 is 0 Å². The Labute approximate surface area is 172 Å². The number of ether oxygens (including phenoxy) is 1. The molecule has 2 heterocycles. The number of nitrogens with zero attached hydrogens (tertiary/aromatic N) is 3. The van der Waals surface area contributed by atoms with Gasteiger partial charge in [0.25, 0.3) is 0 Å². The second-order valence-electron chi connectivity index (χ2n) is 7.96. The Balaban J connectivity index is 1.48. The molecule has 1 aromatic heterocycles. The summed E-state index contributed by atoms with van der Waals surface area (Å²) in [5.41, 5.74) is 3.16. The van der Waals surface area contributed by atoms with Gasteiger partial charge in [-0.15, -0.1) is 0 Å². The van der Waals surface area contributed by atoms with Gasteiger partial charge in [-0.3, -0.25) is 14.4 Å². The molecule has 152 valence electrons. The van der Waals surface area contributed by atoms with E-state index in [0.29, 0.717) is 0 Å². The highest BCUT2D eigenvalue weighted by molar-refractivity contribution is 6.01. The molecule has 5 heteroatoms. The molecule has 1 saturated heterocycles. The number of likely N-dealkylation sites (tertiary alicyclic amines) is 1. The van der Waals surface area contributed by atoms with E-state index >= 15 is 0 Å². The molecule has 0 radical (unpaired) electrons. The molecule has 4 rings (SSSR count). The predicted octanol–water partition coefficient (Wildman–Crippen LogP) is 4.47. The summed E-state index contributed by atoms with van der Waals surface area (Å²) < 4.78 is 7.28. The van der Waals surface area contributed by atoms with Crippen molar-refractivity contribution < 1.29 is 9.53 Å². The van der Waals surface area contributed by atoms with Gasteiger partial charge in [0.05, 0.1) is 12.8 Å². The smallest absolute Gasteiger partial charge is 0.167 e. The van der Waals surface area contributed by atoms with Crippen molar-refractivity contribution in [3.8, 4) is 5.75 Å². The van der Waals surface area contributed by atoms with E-state index in [4.69, 9.17) is 4.74 Å². The number of hydrogen-bond donors (Lipinski definition) is 0. The summed E-state index contributed by atoms with van der Waals surface area (Å²) in [5.74, 6) is 1.15. The number of benzene rings is 2. The predicted molar refractivity (Wildman–Crippen MR) is 115 cm³/mol. The minimum absolute atomic E-state index is 0.0565. The van der Waals surface area contributed by atoms with Crippen molar-refractivity contribution in [3.63, 3.8) is 0 Å². The molecule has 1 fully saturated rings. The Kier molecular flexibility index (Phi) is 5.67. The second-order valence-corrected chi connectivity index (χ2v) is 7.96. The third-order valence-electron chi connectivity index (χ3n) is 5.97. The summed E-state index contributed by atoms with van der Waals surface area (Å²) in [4.78, 5) is 15.6. The van der Waals surface area contributed by atoms with Crippen LogP contribution >= 0.6 is 0 Å². The summed E-state index contributed by atoms with van der Waals surface area (Å²) in [6.45, 7) is 7.78. The quantitative estimate of drug-likeness (QED) is 0.582. The Hall–Kier alpha value is -2.66. The molecule has 2 aromatic carbocycles. The standard InChI is InChI=1S/C24H29N3O2/c1-4-27-16-22(17(2)25-27)15-26-11-5-6-21(14-26)24(28)20-8-7-19-13-23(29-3)10-9-18(19)12-20/h7-10,12-13,16,21H,4-6,11,14-15H2,1-3H3. The molecule has 0 N–H and O–H groups in total. The number of rotatable bonds is 6. The van der Waals surface area contributed by atoms with Crippen LogP contribution in [0.5, 0.6) is 5.75 Å². The normalized spacial score (nSPS) is 17.6. The molecule has 1 unspecified atom stereocenters. The second kappa shape index (κ2) is 8.37. The van der Waals surface area contributed by atoms with Crippen LogP contribution < -0.4 is 4.74 Å². The molecule has 0 bridgehead atoms. The molecule has 3 aromatic rings. The fourth-order valence-corrected chi connectivity index (χ4v) is 4.27. The van der Waals surface area contributed by atoms with Gasteiger partial charge >= 0.3 is 0 Å². The summed E-state index contributed by atoms with van der Waals surface area (Å²) >= 11 is 0. The topological polar surface area (TPSA) is 47.4 Å². The number of aromatic nitrogens is 2. The van der Waals surface area contributed by atoms with Crippen LogP contribution in [0, 0.1) is 12.8 Å². The molecule has 0 spiro atoms. The molecule has 29 heavy (non-hydrogen) atoms. The lowest BCUT2D eigenvalue weighted by molar-refractivity contribution is 0.0811. The van der Waals surface area contributed by atoms with Gasteiger partial charge in [0, 0.05) is 42.9 Å². The first-order valence-electron chi connectivity index (χ1n) is 10.4. The Morgan fingerprint density at radius 3 is 2.76 bits per heavy atom. The maximum atomic E-state index is 13.2. The summed E-state index contributed by atoms with van der Waals surface area (Å²) in [5, 5.41) is 6.72. The van der Waals surface area contributed by atoms with Crippen LogP contribution in [-0.2, 0) is 13.1 Å². The van der Waals surface area contributed by atoms with Crippen LogP contribution in [0.3, 0.4) is 0 Å². The van der Waals surface area contributed by atoms with Gasteiger partial charge in [-0.25, -0.2) is 0 Å². The first-order chi connectivity index (χ1) is 14.1. The zero-order chi connectivity index (χ0) is 20.4. The minimum atomic E-state index is 0.0565. The third kappa shape index (κ3) is 4.20. The van der Waals surface area contributed by atoms with E-state index in [9.17, 15) is 4.79 Å². The largest absolute Gasteiger partial charge is 0.497 e. The van der Waals surface area contributed by atoms with Crippen LogP contribution in [0.15, 0.2) is 42.6 Å². The van der Waals surface area contributed by atoms with Gasteiger partial charge in [0.2, 0.25) is 0 Å². The lowest BCUT2D eigenvalue weighted by Crippen LogP contribution is -2.38. The number of Topliss-reactive ketones (excluding diaryl/α,β-unsaturated/α-hetero) is 1. The van der Waals surface area contributed by atoms with Gasteiger partial charge in [-0.1, -0.05) is 18.2 Å². The molecule has 5 nitrogen and oxygen atoms in total. The van der Waals surface area contributed by atoms with Crippen molar-refractivity contribution in [1.29, 1.82) is 0 Å². The highest BCUT2D eigenvalue weighted by Crippen LogP contribution is 2.26. The first-order valence-corrected chi connectivity index (χ1v) is 10.4. The van der Waals surface area contributed by atoms with Crippen molar-refractivity contribution in [3.05, 3.63) is 59.4 Å². The van der Waals surface area contributed by atoms with Crippen molar-refractivity contribution in [2.24, 2.45) is 5.92 Å². The van der Waals surface area contributed by atoms with Crippen LogP contribution in [-0.4, -0.2) is 40.7 Å². The highest BCUT2D eigenvalue weighted by atomic mass is 16.5. The van der Waals surface area contributed by atoms with E-state index in [1.54, 1.807) is 7.11 Å². The number of carbonyl (C=O) groups excluding carboxylic acids is 1. The maximum absolute atomic E-state index is 13.2. The van der Waals surface area contributed by atoms with E-state index in [0.717, 1.165) is 66.8 Å². The average Bonchev–Trinajstić information content (AvgIpc) is 3.12. The van der Waals surface area contributed by atoms with Gasteiger partial charge in [-0.05, 0) is 62.2 Å². The van der Waals surface area contributed by atoms with Crippen LogP contribution in [0.25, 0.3) is 10.8 Å². The molecule has 0 aliphatic carbocycles. The SMILES string of the molecule is CCn1cc(CN2CCCC(C(=O)c3ccc4cc(OC)ccc4c3)C2)c(C)n1. The molecule has 1 aliphatic rings. The Bertz CT molecular complexity index is 1020. The molecular formula is C24H29N3O2. The van der Waals surface area contributed by atoms with Gasteiger partial charge in [0.15, 0.2) is 5.78 Å². The van der Waals surface area contributed by atoms with Gasteiger partial charge in [-0.2, -0.15) is 5.10 Å². The summed E-state index contributed by atoms with van der Waals surface area (Å²) in [6, 6.07) is 12.0. The maximum Gasteiger partial charge on any atom is 0.167 e. The number of aryl methyl sites for hydroxylation is 2. The van der Waals surface area contributed by atoms with Crippen molar-refractivity contribution in [2.45, 2.75) is 39.8 Å². The number of fused-ring (bicyclic) bond motifs is 1. The minimum Gasteiger partial charge on any atom is -0.497 e. The van der Waals surface area contributed by atoms with Crippen molar-refractivity contribution in [1.82, 2.24) is 14.7 Å². The number of carbonyl (C=O) groups is 1. The summed E-state index contributed by atoms with van der Waals surface area (Å²) in [7, 11) is 1.67. The number of piperidine rings is 1. The van der Waals surface area contributed by atoms with Gasteiger partial charge in [0.1, 0.15) is 5.75 Å². The van der Waals surface area contributed by atoms with Gasteiger partial charge < -0.3 is 4.74 Å². The number of hydrogen-bond acceptors (Lipinski definition) is 4. The Morgan fingerprint density at radius 1 is 1.21 bits per heavy atom. The van der Waals surface area contributed by atoms with Crippen molar-refractivity contribution >= 4 is 16.6 Å². The first kappa shape index (κ1) is 19.6. The van der Waals surface area contributed by atoms with E-state index in [1.807, 2.05) is 41.1 Å². The average molecular weight is 392 g/mol. The fraction of sp³-hybridized carbons (Fsp3) is 0.417. The van der Waals surface area contributed by atoms with E-state index in [1.165, 1.54) is 5.56 Å². The summed E-state index contributed by atoms with van der Waals surface area (Å²) in [6.07, 6.45) is 4.16. The number of methoxy groups -OCH3 is 1. The lowest BCUT2D eigenvalue weighted by atomic mass is 9.89. The van der Waals surface area contributed by atoms with E-state index in [-0.39, 0.29) is 11.7 Å². The van der Waals surface area contributed by atoms with Crippen LogP contribution in [0.4, 0.5) is 0 Å². The molecule has 0 amide bonds. The molecular weight excluding hydrogens is 362 g/mol.